The van der Waals surface area contributed by atoms with Crippen molar-refractivity contribution >= 4 is 34.7 Å². The third-order valence-corrected chi connectivity index (χ3v) is 2.81. The Labute approximate surface area is 109 Å². The Hall–Kier alpha value is -0.530. The van der Waals surface area contributed by atoms with Gasteiger partial charge in [-0.25, -0.2) is 4.79 Å². The van der Waals surface area contributed by atoms with E-state index in [2.05, 4.69) is 5.32 Å². The molecule has 16 heavy (non-hydrogen) atoms. The number of carbonyl (C=O) groups excluding carboxylic acids is 1. The SMILES string of the molecule is CC(C(=O)O)[C@H](CI)NC(=O)OC(C)(C)C. The summed E-state index contributed by atoms with van der Waals surface area (Å²) < 4.78 is 5.57. The zero-order valence-corrected chi connectivity index (χ0v) is 12.1. The molecule has 0 fully saturated rings. The lowest BCUT2D eigenvalue weighted by molar-refractivity contribution is -0.141. The first-order valence-corrected chi connectivity index (χ1v) is 6.48. The highest BCUT2D eigenvalue weighted by Crippen LogP contribution is 2.10. The van der Waals surface area contributed by atoms with Gasteiger partial charge < -0.3 is 15.2 Å². The molecule has 0 saturated carbocycles. The lowest BCUT2D eigenvalue weighted by Crippen LogP contribution is -2.45. The minimum Gasteiger partial charge on any atom is -0.481 e. The molecule has 0 aromatic rings. The second-order valence-electron chi connectivity index (χ2n) is 4.53. The maximum absolute atomic E-state index is 11.4. The average molecular weight is 343 g/mol. The van der Waals surface area contributed by atoms with Gasteiger partial charge in [-0.15, -0.1) is 0 Å². The number of carboxylic acid groups (broad SMARTS) is 1. The predicted molar refractivity (Wildman–Crippen MR) is 68.8 cm³/mol. The van der Waals surface area contributed by atoms with Crippen molar-refractivity contribution in [2.45, 2.75) is 39.3 Å². The van der Waals surface area contributed by atoms with E-state index in [4.69, 9.17) is 9.84 Å². The molecule has 0 radical (unpaired) electrons. The monoisotopic (exact) mass is 343 g/mol. The van der Waals surface area contributed by atoms with Crippen LogP contribution in [0.15, 0.2) is 0 Å². The van der Waals surface area contributed by atoms with Crippen molar-refractivity contribution in [3.63, 3.8) is 0 Å². The van der Waals surface area contributed by atoms with Gasteiger partial charge in [0.05, 0.1) is 12.0 Å². The van der Waals surface area contributed by atoms with Crippen LogP contribution in [0, 0.1) is 5.92 Å². The van der Waals surface area contributed by atoms with Crippen molar-refractivity contribution in [1.29, 1.82) is 0 Å². The molecule has 1 unspecified atom stereocenters. The first-order chi connectivity index (χ1) is 7.17. The normalized spacial score (nSPS) is 15.1. The summed E-state index contributed by atoms with van der Waals surface area (Å²) in [7, 11) is 0. The third kappa shape index (κ3) is 6.14. The van der Waals surface area contributed by atoms with Crippen molar-refractivity contribution in [3.8, 4) is 0 Å². The van der Waals surface area contributed by atoms with Crippen LogP contribution in [0.2, 0.25) is 0 Å². The highest BCUT2D eigenvalue weighted by atomic mass is 127. The lowest BCUT2D eigenvalue weighted by Gasteiger charge is -2.24. The molecule has 0 aliphatic rings. The summed E-state index contributed by atoms with van der Waals surface area (Å²) in [6, 6.07) is -0.423. The van der Waals surface area contributed by atoms with Gasteiger partial charge in [0.25, 0.3) is 0 Å². The zero-order valence-electron chi connectivity index (χ0n) is 9.91. The molecule has 0 heterocycles. The number of hydrogen-bond donors (Lipinski definition) is 2. The minimum atomic E-state index is -0.933. The highest BCUT2D eigenvalue weighted by molar-refractivity contribution is 14.1. The van der Waals surface area contributed by atoms with Crippen LogP contribution in [-0.4, -0.2) is 33.2 Å². The Kier molecular flexibility index (Phi) is 6.06. The Morgan fingerprint density at radius 1 is 1.44 bits per heavy atom. The minimum absolute atomic E-state index is 0.423. The molecule has 0 aromatic heterocycles. The predicted octanol–water partition coefficient (Wildman–Crippen LogP) is 2.04. The molecule has 2 atom stereocenters. The molecule has 0 saturated heterocycles. The van der Waals surface area contributed by atoms with E-state index in [0.717, 1.165) is 0 Å². The van der Waals surface area contributed by atoms with Crippen molar-refractivity contribution < 1.29 is 19.4 Å². The van der Waals surface area contributed by atoms with E-state index in [1.54, 1.807) is 27.7 Å². The van der Waals surface area contributed by atoms with Crippen molar-refractivity contribution in [3.05, 3.63) is 0 Å². The van der Waals surface area contributed by atoms with Gasteiger partial charge in [0.2, 0.25) is 0 Å². The van der Waals surface area contributed by atoms with Crippen LogP contribution in [0.4, 0.5) is 4.79 Å². The number of amides is 1. The van der Waals surface area contributed by atoms with E-state index in [-0.39, 0.29) is 0 Å². The van der Waals surface area contributed by atoms with Gasteiger partial charge in [0, 0.05) is 4.43 Å². The molecule has 0 spiro atoms. The molecule has 2 N–H and O–H groups in total. The summed E-state index contributed by atoms with van der Waals surface area (Å²) in [6.07, 6.45) is -0.581. The van der Waals surface area contributed by atoms with Gasteiger partial charge in [0.1, 0.15) is 5.60 Å². The van der Waals surface area contributed by atoms with E-state index in [0.29, 0.717) is 4.43 Å². The first-order valence-electron chi connectivity index (χ1n) is 4.95. The Morgan fingerprint density at radius 3 is 2.25 bits per heavy atom. The van der Waals surface area contributed by atoms with E-state index in [9.17, 15) is 9.59 Å². The van der Waals surface area contributed by atoms with Crippen molar-refractivity contribution in [1.82, 2.24) is 5.32 Å². The summed E-state index contributed by atoms with van der Waals surface area (Å²) in [4.78, 5) is 22.2. The van der Waals surface area contributed by atoms with Crippen LogP contribution >= 0.6 is 22.6 Å². The van der Waals surface area contributed by atoms with E-state index >= 15 is 0 Å². The van der Waals surface area contributed by atoms with Gasteiger partial charge in [-0.3, -0.25) is 4.79 Å². The topological polar surface area (TPSA) is 75.6 Å². The number of halogens is 1. The second-order valence-corrected chi connectivity index (χ2v) is 5.41. The molecule has 0 aliphatic heterocycles. The first kappa shape index (κ1) is 15.5. The van der Waals surface area contributed by atoms with Gasteiger partial charge in [-0.1, -0.05) is 22.6 Å². The molecule has 0 aromatic carbocycles. The second kappa shape index (κ2) is 6.27. The summed E-state index contributed by atoms with van der Waals surface area (Å²) >= 11 is 2.04. The molecule has 0 bridgehead atoms. The Morgan fingerprint density at radius 2 is 1.94 bits per heavy atom. The number of carbonyl (C=O) groups is 2. The molecular weight excluding hydrogens is 325 g/mol. The van der Waals surface area contributed by atoms with Gasteiger partial charge in [0.15, 0.2) is 0 Å². The van der Waals surface area contributed by atoms with Gasteiger partial charge in [-0.05, 0) is 27.7 Å². The van der Waals surface area contributed by atoms with Crippen LogP contribution in [0.3, 0.4) is 0 Å². The standard InChI is InChI=1S/C10H18INO4/c1-6(8(13)14)7(5-11)12-9(15)16-10(2,3)4/h6-7H,5H2,1-4H3,(H,12,15)(H,13,14)/t6?,7-/m0/s1. The Balaban J connectivity index is 4.33. The molecule has 1 amide bonds. The van der Waals surface area contributed by atoms with E-state index in [1.165, 1.54) is 0 Å². The fourth-order valence-electron chi connectivity index (χ4n) is 0.928. The molecular formula is C10H18INO4. The Bertz CT molecular complexity index is 262. The average Bonchev–Trinajstić information content (AvgIpc) is 2.09. The van der Waals surface area contributed by atoms with Crippen molar-refractivity contribution in [2.75, 3.05) is 4.43 Å². The number of alkyl carbamates (subject to hydrolysis) is 1. The number of rotatable bonds is 4. The van der Waals surface area contributed by atoms with Crippen molar-refractivity contribution in [2.24, 2.45) is 5.92 Å². The van der Waals surface area contributed by atoms with Crippen LogP contribution in [0.5, 0.6) is 0 Å². The number of nitrogens with one attached hydrogen (secondary N) is 1. The van der Waals surface area contributed by atoms with Crippen LogP contribution in [0.1, 0.15) is 27.7 Å². The summed E-state index contributed by atoms with van der Waals surface area (Å²) in [5.41, 5.74) is -0.577. The van der Waals surface area contributed by atoms with Crippen LogP contribution < -0.4 is 5.32 Å². The number of hydrogen-bond acceptors (Lipinski definition) is 3. The smallest absolute Gasteiger partial charge is 0.407 e. The van der Waals surface area contributed by atoms with Gasteiger partial charge >= 0.3 is 12.1 Å². The summed E-state index contributed by atoms with van der Waals surface area (Å²) in [5.74, 6) is -1.57. The fraction of sp³-hybridized carbons (Fsp3) is 0.800. The van der Waals surface area contributed by atoms with Crippen LogP contribution in [0.25, 0.3) is 0 Å². The third-order valence-electron chi connectivity index (χ3n) is 1.86. The summed E-state index contributed by atoms with van der Waals surface area (Å²) in [5, 5.41) is 11.4. The molecule has 0 rings (SSSR count). The van der Waals surface area contributed by atoms with Crippen LogP contribution in [-0.2, 0) is 9.53 Å². The zero-order chi connectivity index (χ0) is 12.9. The fourth-order valence-corrected chi connectivity index (χ4v) is 1.91. The largest absolute Gasteiger partial charge is 0.481 e. The molecule has 5 nitrogen and oxygen atoms in total. The molecule has 0 aliphatic carbocycles. The highest BCUT2D eigenvalue weighted by Gasteiger charge is 2.26. The van der Waals surface area contributed by atoms with E-state index < -0.39 is 29.6 Å². The number of aliphatic carboxylic acids is 1. The quantitative estimate of drug-likeness (QED) is 0.605. The number of ether oxygens (including phenoxy) is 1. The number of carboxylic acids is 1. The molecule has 6 heteroatoms. The summed E-state index contributed by atoms with van der Waals surface area (Å²) in [6.45, 7) is 6.83. The molecule has 94 valence electrons. The van der Waals surface area contributed by atoms with E-state index in [1.807, 2.05) is 22.6 Å². The van der Waals surface area contributed by atoms with Gasteiger partial charge in [-0.2, -0.15) is 0 Å². The maximum atomic E-state index is 11.4. The maximum Gasteiger partial charge on any atom is 0.407 e. The lowest BCUT2D eigenvalue weighted by atomic mass is 10.0. The number of alkyl halides is 1.